The summed E-state index contributed by atoms with van der Waals surface area (Å²) in [5.74, 6) is -0.491. The van der Waals surface area contributed by atoms with Crippen molar-refractivity contribution in [3.63, 3.8) is 0 Å². The zero-order valence-electron chi connectivity index (χ0n) is 19.8. The predicted octanol–water partition coefficient (Wildman–Crippen LogP) is 2.29. The standard InChI is InChI=1S/C21H26F3N3O4/c1-30-15-5-4-14(16(8-15)21(22,23)24)3-2-13-9-27(10-13)20(29)26-7-6-18-17(11-26)25-19(28)12-31-18/h4-5,8,13,17-18H,2-3,6-7,9-12H2,1H3,(H,25,28)/t17-,18+/m1/s1/i1T3. The van der Waals surface area contributed by atoms with Crippen molar-refractivity contribution in [3.05, 3.63) is 29.3 Å². The van der Waals surface area contributed by atoms with Gasteiger partial charge in [0.05, 0.1) is 28.9 Å². The van der Waals surface area contributed by atoms with E-state index >= 15 is 0 Å². The van der Waals surface area contributed by atoms with Gasteiger partial charge in [0.2, 0.25) is 5.91 Å². The van der Waals surface area contributed by atoms with Gasteiger partial charge in [-0.05, 0) is 42.9 Å². The van der Waals surface area contributed by atoms with Crippen molar-refractivity contribution in [2.24, 2.45) is 5.92 Å². The molecule has 2 atom stereocenters. The number of nitrogens with one attached hydrogen (secondary N) is 1. The number of rotatable bonds is 4. The third-order valence-electron chi connectivity index (χ3n) is 6.15. The Kier molecular flexibility index (Phi) is 5.01. The fraction of sp³-hybridized carbons (Fsp3) is 0.619. The number of amides is 3. The Bertz CT molecular complexity index is 938. The molecule has 10 heteroatoms. The number of urea groups is 1. The molecule has 0 radical (unpaired) electrons. The van der Waals surface area contributed by atoms with Crippen LogP contribution in [0.4, 0.5) is 18.0 Å². The highest BCUT2D eigenvalue weighted by atomic mass is 19.4. The Morgan fingerprint density at radius 1 is 1.32 bits per heavy atom. The van der Waals surface area contributed by atoms with Gasteiger partial charge < -0.3 is 24.6 Å². The molecule has 7 nitrogen and oxygen atoms in total. The molecule has 0 spiro atoms. The lowest BCUT2D eigenvalue weighted by molar-refractivity contribution is -0.140. The molecule has 3 heterocycles. The average Bonchev–Trinajstić information content (AvgIpc) is 2.70. The molecule has 3 aliphatic heterocycles. The smallest absolute Gasteiger partial charge is 0.416 e. The number of fused-ring (bicyclic) bond motifs is 1. The minimum absolute atomic E-state index is 0.0359. The number of halogens is 3. The number of methoxy groups -OCH3 is 1. The number of likely N-dealkylation sites (tertiary alicyclic amines) is 2. The predicted molar refractivity (Wildman–Crippen MR) is 105 cm³/mol. The Labute approximate surface area is 182 Å². The summed E-state index contributed by atoms with van der Waals surface area (Å²) in [5, 5.41) is 2.85. The number of hydrogen-bond acceptors (Lipinski definition) is 4. The summed E-state index contributed by atoms with van der Waals surface area (Å²) in [5.41, 5.74) is -0.855. The summed E-state index contributed by atoms with van der Waals surface area (Å²) in [6.45, 7) is 1.84. The van der Waals surface area contributed by atoms with E-state index in [1.807, 2.05) is 0 Å². The van der Waals surface area contributed by atoms with E-state index in [-0.39, 0.29) is 54.3 Å². The Morgan fingerprint density at radius 2 is 2.13 bits per heavy atom. The molecule has 1 aromatic rings. The van der Waals surface area contributed by atoms with E-state index in [1.54, 1.807) is 9.80 Å². The number of carbonyl (C=O) groups excluding carboxylic acids is 2. The molecule has 3 saturated heterocycles. The summed E-state index contributed by atoms with van der Waals surface area (Å²) >= 11 is 0. The molecule has 0 bridgehead atoms. The van der Waals surface area contributed by atoms with Crippen molar-refractivity contribution >= 4 is 11.9 Å². The quantitative estimate of drug-likeness (QED) is 0.769. The molecule has 31 heavy (non-hydrogen) atoms. The molecule has 3 amide bonds. The van der Waals surface area contributed by atoms with E-state index in [0.717, 1.165) is 6.07 Å². The minimum atomic E-state index is -4.64. The SMILES string of the molecule is [3H]C([3H])([3H])Oc1ccc(CCC2CN(C(=O)N3CC[C@@H]4OCC(=O)N[C@@H]4C3)C2)c(C(F)(F)F)c1. The second-order valence-electron chi connectivity index (χ2n) is 8.27. The number of benzene rings is 1. The highest BCUT2D eigenvalue weighted by Gasteiger charge is 2.40. The van der Waals surface area contributed by atoms with Crippen LogP contribution in [0.1, 0.15) is 28.1 Å². The number of hydrogen-bond donors (Lipinski definition) is 1. The van der Waals surface area contributed by atoms with E-state index in [0.29, 0.717) is 39.0 Å². The minimum Gasteiger partial charge on any atom is -0.497 e. The lowest BCUT2D eigenvalue weighted by atomic mass is 9.91. The van der Waals surface area contributed by atoms with Crippen LogP contribution < -0.4 is 10.1 Å². The Hall–Kier alpha value is -2.49. The third kappa shape index (κ3) is 4.73. The Morgan fingerprint density at radius 3 is 2.87 bits per heavy atom. The molecule has 170 valence electrons. The van der Waals surface area contributed by atoms with Crippen molar-refractivity contribution in [3.8, 4) is 5.75 Å². The van der Waals surface area contributed by atoms with Crippen LogP contribution >= 0.6 is 0 Å². The van der Waals surface area contributed by atoms with Crippen LogP contribution in [0.5, 0.6) is 5.75 Å². The lowest BCUT2D eigenvalue weighted by Crippen LogP contribution is -2.64. The summed E-state index contributed by atoms with van der Waals surface area (Å²) in [4.78, 5) is 27.7. The van der Waals surface area contributed by atoms with Crippen molar-refractivity contribution in [2.45, 2.75) is 37.6 Å². The van der Waals surface area contributed by atoms with Crippen LogP contribution in [-0.4, -0.2) is 73.7 Å². The molecule has 1 N–H and O–H groups in total. The fourth-order valence-corrected chi connectivity index (χ4v) is 4.44. The zero-order chi connectivity index (χ0) is 24.7. The van der Waals surface area contributed by atoms with Gasteiger partial charge in [0.25, 0.3) is 0 Å². The van der Waals surface area contributed by atoms with Gasteiger partial charge in [0.15, 0.2) is 0 Å². The van der Waals surface area contributed by atoms with E-state index in [4.69, 9.17) is 8.85 Å². The molecular formula is C21H26F3N3O4. The summed E-state index contributed by atoms with van der Waals surface area (Å²) in [6.07, 6.45) is -3.50. The number of ether oxygens (including phenoxy) is 2. The second kappa shape index (κ2) is 8.57. The van der Waals surface area contributed by atoms with Crippen molar-refractivity contribution in [1.29, 1.82) is 0 Å². The largest absolute Gasteiger partial charge is 0.497 e. The van der Waals surface area contributed by atoms with Crippen molar-refractivity contribution < 1.29 is 36.3 Å². The number of nitrogens with zero attached hydrogens (tertiary/aromatic N) is 2. The Balaban J connectivity index is 1.29. The summed E-state index contributed by atoms with van der Waals surface area (Å²) < 4.78 is 71.8. The van der Waals surface area contributed by atoms with Gasteiger partial charge in [-0.3, -0.25) is 4.79 Å². The zero-order valence-corrected chi connectivity index (χ0v) is 16.8. The first-order valence-electron chi connectivity index (χ1n) is 11.7. The number of morpholine rings is 1. The van der Waals surface area contributed by atoms with Gasteiger partial charge in [0, 0.05) is 26.2 Å². The third-order valence-corrected chi connectivity index (χ3v) is 6.15. The monoisotopic (exact) mass is 447 g/mol. The van der Waals surface area contributed by atoms with Crippen molar-refractivity contribution in [2.75, 3.05) is 39.8 Å². The highest BCUT2D eigenvalue weighted by molar-refractivity contribution is 5.79. The maximum absolute atomic E-state index is 13.5. The van der Waals surface area contributed by atoms with Crippen LogP contribution in [0.25, 0.3) is 0 Å². The van der Waals surface area contributed by atoms with Crippen LogP contribution in [0, 0.1) is 5.92 Å². The molecule has 3 fully saturated rings. The first kappa shape index (κ1) is 18.1. The number of aryl methyl sites for hydroxylation is 1. The van der Waals surface area contributed by atoms with E-state index < -0.39 is 18.8 Å². The van der Waals surface area contributed by atoms with Gasteiger partial charge in [-0.15, -0.1) is 0 Å². The highest BCUT2D eigenvalue weighted by Crippen LogP contribution is 2.36. The van der Waals surface area contributed by atoms with Gasteiger partial charge in [0.1, 0.15) is 12.4 Å². The second-order valence-corrected chi connectivity index (χ2v) is 8.27. The summed E-state index contributed by atoms with van der Waals surface area (Å²) in [6, 6.07) is 2.82. The first-order chi connectivity index (χ1) is 15.9. The van der Waals surface area contributed by atoms with Gasteiger partial charge in [-0.2, -0.15) is 13.2 Å². The maximum Gasteiger partial charge on any atom is 0.416 e. The molecule has 0 aliphatic carbocycles. The molecule has 4 rings (SSSR count). The summed E-state index contributed by atoms with van der Waals surface area (Å²) in [7, 11) is -2.84. The van der Waals surface area contributed by atoms with Crippen molar-refractivity contribution in [1.82, 2.24) is 15.1 Å². The normalized spacial score (nSPS) is 26.2. The fourth-order valence-electron chi connectivity index (χ4n) is 4.44. The van der Waals surface area contributed by atoms with Crippen LogP contribution in [-0.2, 0) is 22.1 Å². The molecule has 1 aromatic carbocycles. The lowest BCUT2D eigenvalue weighted by Gasteiger charge is -2.46. The molecular weight excluding hydrogens is 415 g/mol. The van der Waals surface area contributed by atoms with E-state index in [1.165, 1.54) is 12.1 Å². The van der Waals surface area contributed by atoms with E-state index in [2.05, 4.69) is 10.1 Å². The molecule has 0 saturated carbocycles. The van der Waals surface area contributed by atoms with Crippen LogP contribution in [0.15, 0.2) is 18.2 Å². The number of carbonyl (C=O) groups is 2. The van der Waals surface area contributed by atoms with Gasteiger partial charge in [-0.1, -0.05) is 6.07 Å². The first-order valence-corrected chi connectivity index (χ1v) is 10.2. The number of piperidine rings is 1. The van der Waals surface area contributed by atoms with Gasteiger partial charge >= 0.3 is 12.2 Å². The average molecular weight is 447 g/mol. The number of alkyl halides is 3. The molecule has 0 aromatic heterocycles. The molecule has 0 unspecified atom stereocenters. The maximum atomic E-state index is 13.5. The molecule has 3 aliphatic rings. The van der Waals surface area contributed by atoms with Gasteiger partial charge in [-0.25, -0.2) is 4.79 Å². The van der Waals surface area contributed by atoms with Crippen LogP contribution in [0.3, 0.4) is 0 Å². The van der Waals surface area contributed by atoms with Crippen LogP contribution in [0.2, 0.25) is 0 Å². The topological polar surface area (TPSA) is 71.1 Å². The van der Waals surface area contributed by atoms with E-state index in [9.17, 15) is 22.8 Å².